The minimum absolute atomic E-state index is 0.0730. The Hall–Kier alpha value is -2.77. The Morgan fingerprint density at radius 2 is 1.72 bits per heavy atom. The first-order chi connectivity index (χ1) is 14.0. The van der Waals surface area contributed by atoms with Crippen LogP contribution in [0.3, 0.4) is 0 Å². The van der Waals surface area contributed by atoms with Crippen molar-refractivity contribution in [3.8, 4) is 11.3 Å². The number of rotatable bonds is 10. The highest BCUT2D eigenvalue weighted by atomic mass is 32.2. The molecule has 1 N–H and O–H groups in total. The second-order valence-electron chi connectivity index (χ2n) is 6.89. The Bertz CT molecular complexity index is 1040. The van der Waals surface area contributed by atoms with Crippen molar-refractivity contribution in [2.75, 3.05) is 6.54 Å². The van der Waals surface area contributed by atoms with Crippen LogP contribution in [0.25, 0.3) is 11.3 Å². The van der Waals surface area contributed by atoms with Gasteiger partial charge < -0.3 is 4.52 Å². The van der Waals surface area contributed by atoms with Gasteiger partial charge in [0.05, 0.1) is 4.90 Å². The van der Waals surface area contributed by atoms with Gasteiger partial charge in [-0.05, 0) is 31.9 Å². The van der Waals surface area contributed by atoms with Crippen LogP contribution in [0.4, 0.5) is 0 Å². The van der Waals surface area contributed by atoms with Gasteiger partial charge in [-0.25, -0.2) is 13.1 Å². The highest BCUT2D eigenvalue weighted by Crippen LogP contribution is 2.20. The van der Waals surface area contributed by atoms with Gasteiger partial charge in [0, 0.05) is 24.6 Å². The summed E-state index contributed by atoms with van der Waals surface area (Å²) in [6, 6.07) is 17.9. The normalized spacial score (nSPS) is 11.5. The lowest BCUT2D eigenvalue weighted by atomic mass is 10.1. The number of aromatic nitrogens is 1. The molecule has 0 spiro atoms. The molecule has 0 fully saturated rings. The third-order valence-corrected chi connectivity index (χ3v) is 6.04. The molecule has 2 aromatic carbocycles. The van der Waals surface area contributed by atoms with Crippen LogP contribution in [0.5, 0.6) is 0 Å². The van der Waals surface area contributed by atoms with Gasteiger partial charge in [-0.1, -0.05) is 59.6 Å². The van der Waals surface area contributed by atoms with E-state index in [2.05, 4.69) is 9.88 Å². The predicted molar refractivity (Wildman–Crippen MR) is 111 cm³/mol. The first-order valence-corrected chi connectivity index (χ1v) is 11.1. The van der Waals surface area contributed by atoms with E-state index in [1.165, 1.54) is 0 Å². The fraction of sp³-hybridized carbons (Fsp3) is 0.273. The van der Waals surface area contributed by atoms with Crippen molar-refractivity contribution >= 4 is 15.8 Å². The lowest BCUT2D eigenvalue weighted by Crippen LogP contribution is -2.24. The van der Waals surface area contributed by atoms with Crippen molar-refractivity contribution in [3.63, 3.8) is 0 Å². The molecule has 6 nitrogen and oxygen atoms in total. The number of benzene rings is 2. The number of hydrogen-bond donors (Lipinski definition) is 1. The molecule has 1 heterocycles. The molecular formula is C22H24N2O4S. The van der Waals surface area contributed by atoms with Gasteiger partial charge in [0.15, 0.2) is 11.5 Å². The molecule has 29 heavy (non-hydrogen) atoms. The lowest BCUT2D eigenvalue weighted by molar-refractivity contribution is 0.0970. The molecule has 1 aromatic heterocycles. The highest BCUT2D eigenvalue weighted by Gasteiger charge is 2.14. The third-order valence-electron chi connectivity index (χ3n) is 4.56. The summed E-state index contributed by atoms with van der Waals surface area (Å²) in [5, 5.41) is 3.86. The molecule has 0 aliphatic carbocycles. The van der Waals surface area contributed by atoms with Crippen LogP contribution in [0.1, 0.15) is 41.7 Å². The Morgan fingerprint density at radius 3 is 2.45 bits per heavy atom. The second-order valence-corrected chi connectivity index (χ2v) is 8.65. The number of unbranched alkanes of at least 4 members (excludes halogenated alkanes) is 2. The van der Waals surface area contributed by atoms with Gasteiger partial charge in [0.1, 0.15) is 5.69 Å². The maximum Gasteiger partial charge on any atom is 0.240 e. The quantitative estimate of drug-likeness (QED) is 0.394. The second kappa shape index (κ2) is 9.62. The zero-order valence-electron chi connectivity index (χ0n) is 16.3. The van der Waals surface area contributed by atoms with E-state index >= 15 is 0 Å². The summed E-state index contributed by atoms with van der Waals surface area (Å²) in [6.45, 7) is 2.25. The lowest BCUT2D eigenvalue weighted by Gasteiger charge is -2.07. The minimum atomic E-state index is -3.49. The van der Waals surface area contributed by atoms with Gasteiger partial charge >= 0.3 is 0 Å². The Morgan fingerprint density at radius 1 is 1.00 bits per heavy atom. The Balaban J connectivity index is 1.39. The van der Waals surface area contributed by atoms with Gasteiger partial charge in [-0.15, -0.1) is 0 Å². The number of nitrogens with one attached hydrogen (secondary N) is 1. The molecule has 0 saturated carbocycles. The summed E-state index contributed by atoms with van der Waals surface area (Å²) < 4.78 is 32.3. The van der Waals surface area contributed by atoms with E-state index in [0.29, 0.717) is 37.3 Å². The number of Topliss-reactive ketones (excluding diaryl/α,β-unsaturated/α-hetero) is 1. The number of ketones is 1. The molecular weight excluding hydrogens is 388 g/mol. The molecule has 0 saturated heterocycles. The number of aryl methyl sites for hydroxylation is 1. The molecule has 3 rings (SSSR count). The van der Waals surface area contributed by atoms with E-state index in [1.807, 2.05) is 37.3 Å². The molecule has 0 unspecified atom stereocenters. The van der Waals surface area contributed by atoms with E-state index in [9.17, 15) is 13.2 Å². The van der Waals surface area contributed by atoms with Crippen molar-refractivity contribution in [2.45, 2.75) is 37.5 Å². The Kier molecular flexibility index (Phi) is 6.95. The molecule has 0 aliphatic rings. The molecule has 0 radical (unpaired) electrons. The van der Waals surface area contributed by atoms with Crippen LogP contribution in [-0.4, -0.2) is 25.9 Å². The van der Waals surface area contributed by atoms with E-state index in [-0.39, 0.29) is 10.7 Å². The first kappa shape index (κ1) is 21.0. The maximum atomic E-state index is 12.3. The van der Waals surface area contributed by atoms with Crippen LogP contribution in [0, 0.1) is 6.92 Å². The van der Waals surface area contributed by atoms with Crippen LogP contribution in [0.15, 0.2) is 70.1 Å². The van der Waals surface area contributed by atoms with Crippen molar-refractivity contribution in [3.05, 3.63) is 71.9 Å². The zero-order chi connectivity index (χ0) is 20.7. The van der Waals surface area contributed by atoms with Crippen molar-refractivity contribution in [2.24, 2.45) is 0 Å². The average molecular weight is 413 g/mol. The van der Waals surface area contributed by atoms with Gasteiger partial charge in [0.25, 0.3) is 0 Å². The molecule has 0 atom stereocenters. The topological polar surface area (TPSA) is 89.3 Å². The molecule has 3 aromatic rings. The number of hydrogen-bond acceptors (Lipinski definition) is 5. The minimum Gasteiger partial charge on any atom is -0.356 e. The predicted octanol–water partition coefficient (Wildman–Crippen LogP) is 4.37. The number of carbonyl (C=O) groups excluding carboxylic acids is 1. The van der Waals surface area contributed by atoms with E-state index in [4.69, 9.17) is 4.52 Å². The van der Waals surface area contributed by atoms with E-state index in [1.54, 1.807) is 30.3 Å². The molecule has 0 bridgehead atoms. The Labute approximate surface area is 171 Å². The fourth-order valence-corrected chi connectivity index (χ4v) is 3.94. The highest BCUT2D eigenvalue weighted by molar-refractivity contribution is 7.89. The maximum absolute atomic E-state index is 12.3. The monoisotopic (exact) mass is 412 g/mol. The summed E-state index contributed by atoms with van der Waals surface area (Å²) in [7, 11) is -3.49. The van der Waals surface area contributed by atoms with Crippen LogP contribution in [-0.2, 0) is 10.0 Å². The van der Waals surface area contributed by atoms with Crippen molar-refractivity contribution < 1.29 is 17.7 Å². The van der Waals surface area contributed by atoms with Crippen LogP contribution >= 0.6 is 0 Å². The van der Waals surface area contributed by atoms with Gasteiger partial charge in [-0.3, -0.25) is 4.79 Å². The standard InChI is InChI=1S/C22H24N2O4S/c1-17-11-13-19(14-12-17)29(26,27)23-15-7-3-6-10-21(25)20-16-22(28-24-20)18-8-4-2-5-9-18/h2,4-5,8-9,11-14,16,23H,3,6-7,10,15H2,1H3. The first-order valence-electron chi connectivity index (χ1n) is 9.57. The van der Waals surface area contributed by atoms with Crippen LogP contribution in [0.2, 0.25) is 0 Å². The summed E-state index contributed by atoms with van der Waals surface area (Å²) in [4.78, 5) is 12.5. The molecule has 0 aliphatic heterocycles. The fourth-order valence-electron chi connectivity index (χ4n) is 2.87. The summed E-state index contributed by atoms with van der Waals surface area (Å²) in [5.41, 5.74) is 2.21. The molecule has 152 valence electrons. The summed E-state index contributed by atoms with van der Waals surface area (Å²) >= 11 is 0. The number of carbonyl (C=O) groups is 1. The summed E-state index contributed by atoms with van der Waals surface area (Å²) in [5.74, 6) is 0.496. The van der Waals surface area contributed by atoms with Crippen molar-refractivity contribution in [1.82, 2.24) is 9.88 Å². The van der Waals surface area contributed by atoms with Crippen LogP contribution < -0.4 is 4.72 Å². The SMILES string of the molecule is Cc1ccc(S(=O)(=O)NCCCCCC(=O)c2cc(-c3ccccc3)on2)cc1. The number of nitrogens with zero attached hydrogens (tertiary/aromatic N) is 1. The zero-order valence-corrected chi connectivity index (χ0v) is 17.1. The summed E-state index contributed by atoms with van der Waals surface area (Å²) in [6.07, 6.45) is 2.42. The number of sulfonamides is 1. The average Bonchev–Trinajstić information content (AvgIpc) is 3.22. The van der Waals surface area contributed by atoms with E-state index in [0.717, 1.165) is 17.5 Å². The van der Waals surface area contributed by atoms with Gasteiger partial charge in [-0.2, -0.15) is 0 Å². The van der Waals surface area contributed by atoms with E-state index < -0.39 is 10.0 Å². The third kappa shape index (κ3) is 5.85. The molecule has 7 heteroatoms. The molecule has 0 amide bonds. The van der Waals surface area contributed by atoms with Crippen molar-refractivity contribution in [1.29, 1.82) is 0 Å². The van der Waals surface area contributed by atoms with Gasteiger partial charge in [0.2, 0.25) is 10.0 Å². The smallest absolute Gasteiger partial charge is 0.240 e. The largest absolute Gasteiger partial charge is 0.356 e.